The Labute approximate surface area is 141 Å². The van der Waals surface area contributed by atoms with Gasteiger partial charge < -0.3 is 11.1 Å². The van der Waals surface area contributed by atoms with Crippen LogP contribution < -0.4 is 11.1 Å². The Morgan fingerprint density at radius 2 is 1.83 bits per heavy atom. The van der Waals surface area contributed by atoms with Crippen LogP contribution in [0.15, 0.2) is 53.5 Å². The van der Waals surface area contributed by atoms with Crippen molar-refractivity contribution in [2.75, 3.05) is 18.4 Å². The number of nitrogens with one attached hydrogen (secondary N) is 1. The number of nitrogens with zero attached hydrogens (tertiary/aromatic N) is 2. The molecular formula is C19H21FN4. The summed E-state index contributed by atoms with van der Waals surface area (Å²) in [6.07, 6.45) is 1.72. The van der Waals surface area contributed by atoms with Crippen molar-refractivity contribution in [3.63, 3.8) is 0 Å². The molecule has 4 nitrogen and oxygen atoms in total. The zero-order valence-electron chi connectivity index (χ0n) is 13.5. The van der Waals surface area contributed by atoms with Crippen molar-refractivity contribution in [3.05, 3.63) is 65.5 Å². The molecule has 4 rings (SSSR count). The molecule has 2 aromatic carbocycles. The summed E-state index contributed by atoms with van der Waals surface area (Å²) in [7, 11) is 0. The van der Waals surface area contributed by atoms with Gasteiger partial charge in [-0.1, -0.05) is 36.4 Å². The number of fused-ring (bicyclic) bond motifs is 1. The van der Waals surface area contributed by atoms with Crippen LogP contribution in [0, 0.1) is 5.82 Å². The maximum Gasteiger partial charge on any atom is 0.136 e. The third-order valence-electron chi connectivity index (χ3n) is 4.90. The van der Waals surface area contributed by atoms with Crippen LogP contribution >= 0.6 is 0 Å². The summed E-state index contributed by atoms with van der Waals surface area (Å²) < 4.78 is 14.0. The Kier molecular flexibility index (Phi) is 3.73. The van der Waals surface area contributed by atoms with Crippen LogP contribution in [0.25, 0.3) is 0 Å². The van der Waals surface area contributed by atoms with Gasteiger partial charge in [0.15, 0.2) is 0 Å². The number of nitrogens with two attached hydrogens (primary N) is 1. The molecule has 1 fully saturated rings. The molecule has 0 aliphatic carbocycles. The number of aliphatic imine (C=N–C) groups is 1. The van der Waals surface area contributed by atoms with Gasteiger partial charge in [0.2, 0.25) is 0 Å². The fourth-order valence-corrected chi connectivity index (χ4v) is 3.61. The third kappa shape index (κ3) is 2.76. The van der Waals surface area contributed by atoms with E-state index < -0.39 is 5.66 Å². The van der Waals surface area contributed by atoms with Crippen molar-refractivity contribution in [1.29, 1.82) is 0 Å². The van der Waals surface area contributed by atoms with Crippen molar-refractivity contribution >= 4 is 11.5 Å². The molecule has 0 atom stereocenters. The van der Waals surface area contributed by atoms with Gasteiger partial charge in [0, 0.05) is 38.2 Å². The van der Waals surface area contributed by atoms with Crippen molar-refractivity contribution in [1.82, 2.24) is 4.90 Å². The monoisotopic (exact) mass is 324 g/mol. The first kappa shape index (κ1) is 15.1. The fourth-order valence-electron chi connectivity index (χ4n) is 3.61. The molecule has 0 saturated carbocycles. The van der Waals surface area contributed by atoms with Crippen molar-refractivity contribution in [3.8, 4) is 0 Å². The highest BCUT2D eigenvalue weighted by Gasteiger charge is 2.38. The van der Waals surface area contributed by atoms with Gasteiger partial charge in [-0.05, 0) is 17.7 Å². The number of benzene rings is 2. The largest absolute Gasteiger partial charge is 0.383 e. The van der Waals surface area contributed by atoms with E-state index in [4.69, 9.17) is 5.73 Å². The number of rotatable bonds is 2. The maximum absolute atomic E-state index is 14.0. The van der Waals surface area contributed by atoms with E-state index in [2.05, 4.69) is 39.5 Å². The molecule has 24 heavy (non-hydrogen) atoms. The molecule has 0 amide bonds. The highest BCUT2D eigenvalue weighted by Crippen LogP contribution is 2.35. The van der Waals surface area contributed by atoms with E-state index >= 15 is 0 Å². The van der Waals surface area contributed by atoms with Crippen LogP contribution in [0.2, 0.25) is 0 Å². The normalized spacial score (nSPS) is 19.5. The molecule has 2 aromatic rings. The van der Waals surface area contributed by atoms with Gasteiger partial charge in [0.05, 0.1) is 5.56 Å². The predicted molar refractivity (Wildman–Crippen MR) is 94.4 cm³/mol. The minimum Gasteiger partial charge on any atom is -0.383 e. The maximum atomic E-state index is 14.0. The summed E-state index contributed by atoms with van der Waals surface area (Å²) in [5.74, 6) is -0.0176. The van der Waals surface area contributed by atoms with Gasteiger partial charge in [-0.3, -0.25) is 4.90 Å². The molecule has 0 bridgehead atoms. The lowest BCUT2D eigenvalue weighted by molar-refractivity contribution is 0.170. The summed E-state index contributed by atoms with van der Waals surface area (Å²) in [4.78, 5) is 7.06. The summed E-state index contributed by atoms with van der Waals surface area (Å²) in [6.45, 7) is 2.81. The second kappa shape index (κ2) is 5.91. The molecular weight excluding hydrogens is 303 g/mol. The van der Waals surface area contributed by atoms with E-state index in [1.54, 1.807) is 6.07 Å². The van der Waals surface area contributed by atoms with Crippen molar-refractivity contribution < 1.29 is 4.39 Å². The van der Waals surface area contributed by atoms with E-state index in [1.165, 1.54) is 11.6 Å². The topological polar surface area (TPSA) is 53.6 Å². The van der Waals surface area contributed by atoms with Crippen LogP contribution in [-0.4, -0.2) is 29.5 Å². The number of piperidine rings is 1. The summed E-state index contributed by atoms with van der Waals surface area (Å²) in [5, 5.41) is 3.43. The predicted octanol–water partition coefficient (Wildman–Crippen LogP) is 2.95. The Morgan fingerprint density at radius 1 is 1.08 bits per heavy atom. The Balaban J connectivity index is 1.49. The van der Waals surface area contributed by atoms with Crippen molar-refractivity contribution in [2.24, 2.45) is 10.7 Å². The smallest absolute Gasteiger partial charge is 0.136 e. The quantitative estimate of drug-likeness (QED) is 0.893. The highest BCUT2D eigenvalue weighted by molar-refractivity contribution is 6.04. The van der Waals surface area contributed by atoms with E-state index in [-0.39, 0.29) is 5.82 Å². The van der Waals surface area contributed by atoms with E-state index in [9.17, 15) is 4.39 Å². The molecule has 3 N–H and O–H groups in total. The van der Waals surface area contributed by atoms with Gasteiger partial charge in [0.1, 0.15) is 17.3 Å². The van der Waals surface area contributed by atoms with E-state index in [1.807, 2.05) is 12.1 Å². The highest BCUT2D eigenvalue weighted by atomic mass is 19.1. The Morgan fingerprint density at radius 3 is 2.58 bits per heavy atom. The molecule has 1 spiro atoms. The zero-order chi connectivity index (χ0) is 16.6. The van der Waals surface area contributed by atoms with Gasteiger partial charge in [-0.25, -0.2) is 9.38 Å². The standard InChI is InChI=1S/C19H21FN4/c20-15-7-4-8-16-17(15)18(21)23-19(22-16)9-11-24(12-10-19)13-14-5-2-1-3-6-14/h1-8,22H,9-13H2,(H2,21,23). The summed E-state index contributed by atoms with van der Waals surface area (Å²) in [5.41, 5.74) is 8.13. The molecule has 124 valence electrons. The lowest BCUT2D eigenvalue weighted by Gasteiger charge is -2.42. The first-order valence-electron chi connectivity index (χ1n) is 8.34. The average molecular weight is 324 g/mol. The van der Waals surface area contributed by atoms with Crippen LogP contribution in [-0.2, 0) is 6.54 Å². The second-order valence-electron chi connectivity index (χ2n) is 6.58. The minimum atomic E-state index is -0.405. The zero-order valence-corrected chi connectivity index (χ0v) is 13.5. The first-order valence-corrected chi connectivity index (χ1v) is 8.34. The number of hydrogen-bond donors (Lipinski definition) is 2. The van der Waals surface area contributed by atoms with E-state index in [0.29, 0.717) is 11.4 Å². The minimum absolute atomic E-state index is 0.304. The van der Waals surface area contributed by atoms with Crippen LogP contribution in [0.3, 0.4) is 0 Å². The Hall–Kier alpha value is -2.40. The molecule has 0 aromatic heterocycles. The lowest BCUT2D eigenvalue weighted by Crippen LogP contribution is -2.50. The van der Waals surface area contributed by atoms with Gasteiger partial charge in [-0.2, -0.15) is 0 Å². The van der Waals surface area contributed by atoms with Crippen LogP contribution in [0.1, 0.15) is 24.0 Å². The lowest BCUT2D eigenvalue weighted by atomic mass is 9.93. The summed E-state index contributed by atoms with van der Waals surface area (Å²) in [6, 6.07) is 15.5. The van der Waals surface area contributed by atoms with Gasteiger partial charge >= 0.3 is 0 Å². The van der Waals surface area contributed by atoms with Crippen molar-refractivity contribution in [2.45, 2.75) is 25.0 Å². The van der Waals surface area contributed by atoms with Gasteiger partial charge in [-0.15, -0.1) is 0 Å². The SMILES string of the molecule is NC1=NC2(CCN(Cc3ccccc3)CC2)Nc2cccc(F)c21. The number of hydrogen-bond acceptors (Lipinski definition) is 4. The first-order chi connectivity index (χ1) is 11.7. The van der Waals surface area contributed by atoms with Gasteiger partial charge in [0.25, 0.3) is 0 Å². The molecule has 0 unspecified atom stereocenters. The molecule has 0 radical (unpaired) electrons. The van der Waals surface area contributed by atoms with Crippen LogP contribution in [0.4, 0.5) is 10.1 Å². The summed E-state index contributed by atoms with van der Waals surface area (Å²) >= 11 is 0. The van der Waals surface area contributed by atoms with Crippen LogP contribution in [0.5, 0.6) is 0 Å². The van der Waals surface area contributed by atoms with E-state index in [0.717, 1.165) is 38.2 Å². The number of amidine groups is 1. The molecule has 1 saturated heterocycles. The number of halogens is 1. The average Bonchev–Trinajstić information content (AvgIpc) is 2.58. The second-order valence-corrected chi connectivity index (χ2v) is 6.58. The Bertz CT molecular complexity index is 764. The molecule has 2 aliphatic heterocycles. The molecule has 5 heteroatoms. The fraction of sp³-hybridized carbons (Fsp3) is 0.316. The number of anilines is 1. The molecule has 2 heterocycles. The number of likely N-dealkylation sites (tertiary alicyclic amines) is 1. The third-order valence-corrected chi connectivity index (χ3v) is 4.90. The molecule has 2 aliphatic rings.